The lowest BCUT2D eigenvalue weighted by molar-refractivity contribution is 0.102. The molecule has 1 N–H and O–H groups in total. The molecule has 0 saturated carbocycles. The maximum Gasteiger partial charge on any atom is 0.256 e. The van der Waals surface area contributed by atoms with E-state index in [9.17, 15) is 4.79 Å². The van der Waals surface area contributed by atoms with Crippen LogP contribution in [0.2, 0.25) is 0 Å². The van der Waals surface area contributed by atoms with E-state index in [1.165, 1.54) is 21.6 Å². The highest BCUT2D eigenvalue weighted by Gasteiger charge is 2.31. The quantitative estimate of drug-likeness (QED) is 0.667. The molecule has 3 heterocycles. The van der Waals surface area contributed by atoms with Crippen molar-refractivity contribution in [2.24, 2.45) is 0 Å². The summed E-state index contributed by atoms with van der Waals surface area (Å²) in [4.78, 5) is 23.3. The van der Waals surface area contributed by atoms with Gasteiger partial charge in [0, 0.05) is 54.6 Å². The minimum absolute atomic E-state index is 0.0649. The first-order valence-electron chi connectivity index (χ1n) is 10.3. The molecule has 5 nitrogen and oxygen atoms in total. The third-order valence-electron chi connectivity index (χ3n) is 5.89. The summed E-state index contributed by atoms with van der Waals surface area (Å²) >= 11 is 1.67. The number of rotatable bonds is 5. The van der Waals surface area contributed by atoms with Crippen LogP contribution in [0.1, 0.15) is 38.0 Å². The van der Waals surface area contributed by atoms with Crippen molar-refractivity contribution >= 4 is 22.2 Å². The van der Waals surface area contributed by atoms with Crippen LogP contribution in [-0.2, 0) is 0 Å². The van der Waals surface area contributed by atoms with Crippen molar-refractivity contribution in [3.63, 3.8) is 0 Å². The number of amides is 1. The molecular formula is C24H28N4OS. The molecule has 2 aromatic heterocycles. The Morgan fingerprint density at radius 2 is 1.70 bits per heavy atom. The van der Waals surface area contributed by atoms with Crippen LogP contribution < -0.4 is 5.32 Å². The lowest BCUT2D eigenvalue weighted by Gasteiger charge is -2.38. The number of nitrogens with zero attached hydrogens (tertiary/aromatic N) is 3. The van der Waals surface area contributed by atoms with Crippen molar-refractivity contribution in [3.8, 4) is 0 Å². The largest absolute Gasteiger partial charge is 0.313 e. The second-order valence-corrected chi connectivity index (χ2v) is 9.09. The Morgan fingerprint density at radius 1 is 1.03 bits per heavy atom. The van der Waals surface area contributed by atoms with Gasteiger partial charge in [0.25, 0.3) is 5.91 Å². The normalized spacial score (nSPS) is 16.4. The molecule has 1 aliphatic heterocycles. The van der Waals surface area contributed by atoms with Crippen LogP contribution in [0.15, 0.2) is 54.9 Å². The molecule has 3 aromatic rings. The number of nitrogens with one attached hydrogen (secondary N) is 1. The SMILES string of the molecule is Cc1sc(NC(=O)c2ccccc2)c([C@H](c2ccncc2)N2CCN(C)CC2)c1C. The Balaban J connectivity index is 1.74. The van der Waals surface area contributed by atoms with Crippen molar-refractivity contribution < 1.29 is 4.79 Å². The third-order valence-corrected chi connectivity index (χ3v) is 7.03. The average Bonchev–Trinajstić information content (AvgIpc) is 3.04. The Morgan fingerprint density at radius 3 is 2.37 bits per heavy atom. The number of benzene rings is 1. The summed E-state index contributed by atoms with van der Waals surface area (Å²) < 4.78 is 0. The van der Waals surface area contributed by atoms with Crippen LogP contribution >= 0.6 is 11.3 Å². The predicted octanol–water partition coefficient (Wildman–Crippen LogP) is 4.35. The van der Waals surface area contributed by atoms with Crippen LogP contribution in [0.25, 0.3) is 0 Å². The number of hydrogen-bond acceptors (Lipinski definition) is 5. The second-order valence-electron chi connectivity index (χ2n) is 7.87. The Bertz CT molecular complexity index is 995. The number of aromatic nitrogens is 1. The molecule has 0 bridgehead atoms. The van der Waals surface area contributed by atoms with Gasteiger partial charge in [-0.05, 0) is 56.3 Å². The van der Waals surface area contributed by atoms with E-state index in [0.29, 0.717) is 5.56 Å². The fourth-order valence-corrected chi connectivity index (χ4v) is 5.11. The van der Waals surface area contributed by atoms with Gasteiger partial charge in [0.1, 0.15) is 5.00 Å². The predicted molar refractivity (Wildman–Crippen MR) is 123 cm³/mol. The molecular weight excluding hydrogens is 392 g/mol. The van der Waals surface area contributed by atoms with Crippen molar-refractivity contribution in [3.05, 3.63) is 82.0 Å². The lowest BCUT2D eigenvalue weighted by atomic mass is 9.95. The Labute approximate surface area is 182 Å². The minimum Gasteiger partial charge on any atom is -0.313 e. The highest BCUT2D eigenvalue weighted by Crippen LogP contribution is 2.42. The van der Waals surface area contributed by atoms with E-state index in [1.807, 2.05) is 42.7 Å². The number of piperazine rings is 1. The molecule has 1 saturated heterocycles. The summed E-state index contributed by atoms with van der Waals surface area (Å²) in [5.74, 6) is -0.0649. The number of pyridine rings is 1. The number of carbonyl (C=O) groups is 1. The van der Waals surface area contributed by atoms with Gasteiger partial charge in [-0.2, -0.15) is 0 Å². The zero-order valence-corrected chi connectivity index (χ0v) is 18.6. The molecule has 0 aliphatic carbocycles. The number of likely N-dealkylation sites (N-methyl/N-ethyl adjacent to an activating group) is 1. The third kappa shape index (κ3) is 4.31. The molecule has 0 radical (unpaired) electrons. The number of anilines is 1. The van der Waals surface area contributed by atoms with Gasteiger partial charge in [-0.3, -0.25) is 14.7 Å². The summed E-state index contributed by atoms with van der Waals surface area (Å²) in [5, 5.41) is 4.16. The monoisotopic (exact) mass is 420 g/mol. The van der Waals surface area contributed by atoms with Crippen LogP contribution in [0.4, 0.5) is 5.00 Å². The van der Waals surface area contributed by atoms with Gasteiger partial charge < -0.3 is 10.2 Å². The first kappa shape index (κ1) is 20.7. The van der Waals surface area contributed by atoms with Crippen LogP contribution in [0, 0.1) is 13.8 Å². The van der Waals surface area contributed by atoms with Crippen LogP contribution in [-0.4, -0.2) is 53.9 Å². The van der Waals surface area contributed by atoms with Crippen molar-refractivity contribution in [1.82, 2.24) is 14.8 Å². The molecule has 0 spiro atoms. The lowest BCUT2D eigenvalue weighted by Crippen LogP contribution is -2.46. The maximum atomic E-state index is 12.9. The Kier molecular flexibility index (Phi) is 6.27. The van der Waals surface area contributed by atoms with E-state index >= 15 is 0 Å². The van der Waals surface area contributed by atoms with E-state index < -0.39 is 0 Å². The van der Waals surface area contributed by atoms with Gasteiger partial charge >= 0.3 is 0 Å². The molecule has 0 unspecified atom stereocenters. The smallest absolute Gasteiger partial charge is 0.256 e. The topological polar surface area (TPSA) is 48.5 Å². The van der Waals surface area contributed by atoms with Gasteiger partial charge in [0.15, 0.2) is 0 Å². The summed E-state index contributed by atoms with van der Waals surface area (Å²) in [6.45, 7) is 8.36. The fourth-order valence-electron chi connectivity index (χ4n) is 4.02. The van der Waals surface area contributed by atoms with E-state index in [-0.39, 0.29) is 11.9 Å². The van der Waals surface area contributed by atoms with Crippen molar-refractivity contribution in [1.29, 1.82) is 0 Å². The Hall–Kier alpha value is -2.54. The first-order valence-corrected chi connectivity index (χ1v) is 11.1. The minimum atomic E-state index is -0.0649. The van der Waals surface area contributed by atoms with Crippen LogP contribution in [0.5, 0.6) is 0 Å². The number of carbonyl (C=O) groups excluding carboxylic acids is 1. The summed E-state index contributed by atoms with van der Waals surface area (Å²) in [7, 11) is 2.17. The van der Waals surface area contributed by atoms with Crippen molar-refractivity contribution in [2.75, 3.05) is 38.5 Å². The number of hydrogen-bond donors (Lipinski definition) is 1. The van der Waals surface area contributed by atoms with Gasteiger partial charge in [-0.1, -0.05) is 18.2 Å². The molecule has 1 amide bonds. The fraction of sp³-hybridized carbons (Fsp3) is 0.333. The molecule has 156 valence electrons. The highest BCUT2D eigenvalue weighted by molar-refractivity contribution is 7.16. The standard InChI is InChI=1S/C24H28N4OS/c1-17-18(2)30-24(26-23(29)20-7-5-4-6-8-20)21(17)22(19-9-11-25-12-10-19)28-15-13-27(3)14-16-28/h4-12,22H,13-16H2,1-3H3,(H,26,29)/t22-/m0/s1. The maximum absolute atomic E-state index is 12.9. The van der Waals surface area contributed by atoms with Crippen molar-refractivity contribution in [2.45, 2.75) is 19.9 Å². The zero-order valence-electron chi connectivity index (χ0n) is 17.8. The summed E-state index contributed by atoms with van der Waals surface area (Å²) in [5.41, 5.74) is 4.35. The van der Waals surface area contributed by atoms with E-state index in [4.69, 9.17) is 0 Å². The molecule has 6 heteroatoms. The molecule has 4 rings (SSSR count). The molecule has 1 atom stereocenters. The van der Waals surface area contributed by atoms with Crippen LogP contribution in [0.3, 0.4) is 0 Å². The van der Waals surface area contributed by atoms with Gasteiger partial charge in [0.05, 0.1) is 6.04 Å². The highest BCUT2D eigenvalue weighted by atomic mass is 32.1. The molecule has 1 aromatic carbocycles. The van der Waals surface area contributed by atoms with Gasteiger partial charge in [-0.15, -0.1) is 11.3 Å². The average molecular weight is 421 g/mol. The van der Waals surface area contributed by atoms with E-state index in [0.717, 1.165) is 31.2 Å². The second kappa shape index (κ2) is 9.08. The molecule has 30 heavy (non-hydrogen) atoms. The zero-order chi connectivity index (χ0) is 21.1. The molecule has 1 aliphatic rings. The molecule has 1 fully saturated rings. The first-order chi connectivity index (χ1) is 14.5. The number of thiophene rings is 1. The van der Waals surface area contributed by atoms with Gasteiger partial charge in [0.2, 0.25) is 0 Å². The van der Waals surface area contributed by atoms with E-state index in [2.05, 4.69) is 53.1 Å². The van der Waals surface area contributed by atoms with E-state index in [1.54, 1.807) is 11.3 Å². The van der Waals surface area contributed by atoms with Gasteiger partial charge in [-0.25, -0.2) is 0 Å². The summed E-state index contributed by atoms with van der Waals surface area (Å²) in [6.07, 6.45) is 3.71. The number of aryl methyl sites for hydroxylation is 1. The summed E-state index contributed by atoms with van der Waals surface area (Å²) in [6, 6.07) is 13.7.